The standard InChI is InChI=1S/C20H24N4O2S/c1-3-7-14-12-17(25)24-19(22-14)27-18(23-24)21-13-20(10-6-11-20)15-8-4-5-9-16(15)26-2/h4-5,8-9,12H,3,6-7,10-11,13H2,1-2H3,(H,21,23). The zero-order chi connectivity index (χ0) is 18.9. The van der Waals surface area contributed by atoms with Crippen LogP contribution in [0.5, 0.6) is 5.75 Å². The summed E-state index contributed by atoms with van der Waals surface area (Å²) in [6, 6.07) is 9.82. The molecule has 1 aromatic carbocycles. The minimum atomic E-state index is -0.115. The lowest BCUT2D eigenvalue weighted by molar-refractivity contribution is 0.250. The lowest BCUT2D eigenvalue weighted by Gasteiger charge is -2.43. The molecule has 4 rings (SSSR count). The van der Waals surface area contributed by atoms with Crippen LogP contribution in [0.2, 0.25) is 0 Å². The zero-order valence-corrected chi connectivity index (χ0v) is 16.5. The van der Waals surface area contributed by atoms with Gasteiger partial charge in [0, 0.05) is 29.3 Å². The predicted octanol–water partition coefficient (Wildman–Crippen LogP) is 3.65. The third kappa shape index (κ3) is 3.32. The number of hydrogen-bond donors (Lipinski definition) is 1. The zero-order valence-electron chi connectivity index (χ0n) is 15.7. The van der Waals surface area contributed by atoms with Crippen LogP contribution in [0, 0.1) is 0 Å². The average molecular weight is 385 g/mol. The third-order valence-electron chi connectivity index (χ3n) is 5.37. The number of ether oxygens (including phenoxy) is 1. The number of nitrogens with zero attached hydrogens (tertiary/aromatic N) is 3. The molecule has 1 aliphatic rings. The van der Waals surface area contributed by atoms with E-state index in [0.717, 1.165) is 48.8 Å². The van der Waals surface area contributed by atoms with Gasteiger partial charge in [-0.2, -0.15) is 4.52 Å². The van der Waals surface area contributed by atoms with Gasteiger partial charge in [0.1, 0.15) is 5.75 Å². The van der Waals surface area contributed by atoms with Crippen molar-refractivity contribution in [1.29, 1.82) is 0 Å². The fourth-order valence-electron chi connectivity index (χ4n) is 3.78. The largest absolute Gasteiger partial charge is 0.496 e. The van der Waals surface area contributed by atoms with Crippen molar-refractivity contribution < 1.29 is 4.74 Å². The van der Waals surface area contributed by atoms with Crippen molar-refractivity contribution >= 4 is 21.4 Å². The van der Waals surface area contributed by atoms with Crippen molar-refractivity contribution in [2.24, 2.45) is 0 Å². The van der Waals surface area contributed by atoms with Crippen molar-refractivity contribution in [2.75, 3.05) is 19.0 Å². The normalized spacial score (nSPS) is 15.5. The van der Waals surface area contributed by atoms with Crippen LogP contribution >= 0.6 is 11.3 Å². The fraction of sp³-hybridized carbons (Fsp3) is 0.450. The van der Waals surface area contributed by atoms with Gasteiger partial charge in [0.25, 0.3) is 5.56 Å². The molecule has 0 bridgehead atoms. The maximum atomic E-state index is 12.3. The van der Waals surface area contributed by atoms with Crippen molar-refractivity contribution in [3.8, 4) is 5.75 Å². The van der Waals surface area contributed by atoms with E-state index in [0.29, 0.717) is 4.96 Å². The van der Waals surface area contributed by atoms with Gasteiger partial charge in [0.05, 0.1) is 7.11 Å². The summed E-state index contributed by atoms with van der Waals surface area (Å²) in [6.45, 7) is 2.85. The first kappa shape index (κ1) is 18.0. The molecule has 7 heteroatoms. The predicted molar refractivity (Wildman–Crippen MR) is 108 cm³/mol. The van der Waals surface area contributed by atoms with E-state index in [1.165, 1.54) is 27.8 Å². The highest BCUT2D eigenvalue weighted by atomic mass is 32.1. The Morgan fingerprint density at radius 2 is 2.15 bits per heavy atom. The van der Waals surface area contributed by atoms with Crippen molar-refractivity contribution in [3.05, 3.63) is 51.9 Å². The number of hydrogen-bond acceptors (Lipinski definition) is 6. The number of para-hydroxylation sites is 1. The molecule has 0 amide bonds. The number of benzene rings is 1. The molecule has 142 valence electrons. The summed E-state index contributed by atoms with van der Waals surface area (Å²) in [6.07, 6.45) is 5.21. The van der Waals surface area contributed by atoms with E-state index in [1.807, 2.05) is 12.1 Å². The first-order chi connectivity index (χ1) is 13.1. The van der Waals surface area contributed by atoms with Gasteiger partial charge >= 0.3 is 0 Å². The third-order valence-corrected chi connectivity index (χ3v) is 6.24. The quantitative estimate of drug-likeness (QED) is 0.673. The van der Waals surface area contributed by atoms with Gasteiger partial charge in [-0.05, 0) is 25.3 Å². The molecule has 0 unspecified atom stereocenters. The molecule has 0 radical (unpaired) electrons. The summed E-state index contributed by atoms with van der Waals surface area (Å²) in [7, 11) is 1.72. The molecule has 0 saturated heterocycles. The van der Waals surface area contributed by atoms with Gasteiger partial charge in [-0.15, -0.1) is 5.10 Å². The summed E-state index contributed by atoms with van der Waals surface area (Å²) in [4.78, 5) is 17.5. The summed E-state index contributed by atoms with van der Waals surface area (Å²) >= 11 is 1.43. The van der Waals surface area contributed by atoms with Gasteiger partial charge < -0.3 is 10.1 Å². The molecule has 3 aromatic rings. The lowest BCUT2D eigenvalue weighted by atomic mass is 9.64. The van der Waals surface area contributed by atoms with Gasteiger partial charge in [0.15, 0.2) is 0 Å². The number of aryl methyl sites for hydroxylation is 1. The van der Waals surface area contributed by atoms with Crippen LogP contribution in [0.1, 0.15) is 43.9 Å². The van der Waals surface area contributed by atoms with Crippen LogP contribution < -0.4 is 15.6 Å². The molecule has 1 saturated carbocycles. The average Bonchev–Trinajstić information content (AvgIpc) is 3.05. The highest BCUT2D eigenvalue weighted by molar-refractivity contribution is 7.20. The smallest absolute Gasteiger partial charge is 0.275 e. The minimum absolute atomic E-state index is 0.0518. The van der Waals surface area contributed by atoms with E-state index in [1.54, 1.807) is 13.2 Å². The van der Waals surface area contributed by atoms with E-state index in [-0.39, 0.29) is 11.0 Å². The lowest BCUT2D eigenvalue weighted by Crippen LogP contribution is -2.41. The Balaban J connectivity index is 1.59. The van der Waals surface area contributed by atoms with Crippen LogP contribution in [0.15, 0.2) is 35.1 Å². The second-order valence-corrected chi connectivity index (χ2v) is 8.08. The maximum Gasteiger partial charge on any atom is 0.275 e. The van der Waals surface area contributed by atoms with Crippen LogP contribution in [-0.2, 0) is 11.8 Å². The highest BCUT2D eigenvalue weighted by Gasteiger charge is 2.40. The number of aromatic nitrogens is 3. The highest BCUT2D eigenvalue weighted by Crippen LogP contribution is 2.47. The van der Waals surface area contributed by atoms with E-state index < -0.39 is 0 Å². The Labute approximate surface area is 162 Å². The van der Waals surface area contributed by atoms with E-state index >= 15 is 0 Å². The molecule has 0 aliphatic heterocycles. The van der Waals surface area contributed by atoms with Crippen LogP contribution in [-0.4, -0.2) is 28.3 Å². The van der Waals surface area contributed by atoms with Gasteiger partial charge in [-0.25, -0.2) is 4.98 Å². The Morgan fingerprint density at radius 1 is 1.33 bits per heavy atom. The number of anilines is 1. The Hall–Kier alpha value is -2.41. The summed E-state index contributed by atoms with van der Waals surface area (Å²) < 4.78 is 6.97. The van der Waals surface area contributed by atoms with Crippen molar-refractivity contribution in [3.63, 3.8) is 0 Å². The molecule has 6 nitrogen and oxygen atoms in total. The first-order valence-corrected chi connectivity index (χ1v) is 10.2. The number of methoxy groups -OCH3 is 1. The molecule has 1 fully saturated rings. The maximum absolute atomic E-state index is 12.3. The molecule has 0 atom stereocenters. The molecule has 2 heterocycles. The molecule has 1 aliphatic carbocycles. The summed E-state index contributed by atoms with van der Waals surface area (Å²) in [5.74, 6) is 0.936. The Kier molecular flexibility index (Phi) is 4.86. The SMILES string of the molecule is CCCc1cc(=O)n2nc(NCC3(c4ccccc4OC)CCC3)sc2n1. The van der Waals surface area contributed by atoms with E-state index in [9.17, 15) is 4.79 Å². The second kappa shape index (κ2) is 7.31. The first-order valence-electron chi connectivity index (χ1n) is 9.42. The van der Waals surface area contributed by atoms with Gasteiger partial charge in [-0.3, -0.25) is 4.79 Å². The molecular weight excluding hydrogens is 360 g/mol. The van der Waals surface area contributed by atoms with E-state index in [2.05, 4.69) is 34.5 Å². The van der Waals surface area contributed by atoms with Crippen LogP contribution in [0.25, 0.3) is 4.96 Å². The Morgan fingerprint density at radius 3 is 2.85 bits per heavy atom. The van der Waals surface area contributed by atoms with Gasteiger partial charge in [0.2, 0.25) is 10.1 Å². The molecule has 2 aromatic heterocycles. The van der Waals surface area contributed by atoms with E-state index in [4.69, 9.17) is 4.74 Å². The fourth-order valence-corrected chi connectivity index (χ4v) is 4.60. The molecule has 1 N–H and O–H groups in total. The topological polar surface area (TPSA) is 68.5 Å². The number of nitrogens with one attached hydrogen (secondary N) is 1. The monoisotopic (exact) mass is 384 g/mol. The van der Waals surface area contributed by atoms with Gasteiger partial charge in [-0.1, -0.05) is 49.3 Å². The van der Waals surface area contributed by atoms with Crippen molar-refractivity contribution in [2.45, 2.75) is 44.4 Å². The van der Waals surface area contributed by atoms with Crippen LogP contribution in [0.3, 0.4) is 0 Å². The minimum Gasteiger partial charge on any atom is -0.496 e. The summed E-state index contributed by atoms with van der Waals surface area (Å²) in [5, 5.41) is 8.62. The molecule has 27 heavy (non-hydrogen) atoms. The molecular formula is C20H24N4O2S. The molecule has 0 spiro atoms. The van der Waals surface area contributed by atoms with Crippen molar-refractivity contribution in [1.82, 2.24) is 14.6 Å². The van der Waals surface area contributed by atoms with Crippen LogP contribution in [0.4, 0.5) is 5.13 Å². The Bertz CT molecular complexity index is 1010. The second-order valence-electron chi connectivity index (χ2n) is 7.13. The number of fused-ring (bicyclic) bond motifs is 1. The number of rotatable bonds is 7. The summed E-state index contributed by atoms with van der Waals surface area (Å²) in [5.41, 5.74) is 2.02.